The van der Waals surface area contributed by atoms with Gasteiger partial charge in [-0.2, -0.15) is 0 Å². The molecule has 2 heteroatoms. The molecule has 0 fully saturated rings. The molecule has 1 rings (SSSR count). The van der Waals surface area contributed by atoms with Gasteiger partial charge in [0.05, 0.1) is 0 Å². The van der Waals surface area contributed by atoms with Gasteiger partial charge in [0.1, 0.15) is 0 Å². The van der Waals surface area contributed by atoms with E-state index in [1.54, 1.807) is 0 Å². The Morgan fingerprint density at radius 2 is 2.06 bits per heavy atom. The maximum absolute atomic E-state index is 3.55. The molecule has 0 amide bonds. The molecule has 96 valence electrons. The van der Waals surface area contributed by atoms with Gasteiger partial charge in [-0.1, -0.05) is 43.2 Å². The van der Waals surface area contributed by atoms with E-state index in [0.717, 1.165) is 32.0 Å². The van der Waals surface area contributed by atoms with Gasteiger partial charge in [0, 0.05) is 0 Å². The lowest BCUT2D eigenvalue weighted by Crippen LogP contribution is -2.30. The molecular formula is C15H26N2. The topological polar surface area (TPSA) is 24.1 Å². The highest BCUT2D eigenvalue weighted by atomic mass is 14.9. The van der Waals surface area contributed by atoms with Gasteiger partial charge in [-0.15, -0.1) is 0 Å². The van der Waals surface area contributed by atoms with E-state index in [1.165, 1.54) is 17.5 Å². The summed E-state index contributed by atoms with van der Waals surface area (Å²) in [5.74, 6) is 0.748. The van der Waals surface area contributed by atoms with E-state index < -0.39 is 0 Å². The molecule has 2 N–H and O–H groups in total. The second-order valence-corrected chi connectivity index (χ2v) is 4.78. The molecule has 17 heavy (non-hydrogen) atoms. The zero-order valence-electron chi connectivity index (χ0n) is 11.4. The second-order valence-electron chi connectivity index (χ2n) is 4.78. The fourth-order valence-corrected chi connectivity index (χ4v) is 2.06. The van der Waals surface area contributed by atoms with Crippen LogP contribution in [0.15, 0.2) is 24.3 Å². The molecule has 1 atom stereocenters. The number of hydrogen-bond donors (Lipinski definition) is 2. The van der Waals surface area contributed by atoms with Crippen molar-refractivity contribution in [2.24, 2.45) is 5.92 Å². The first kappa shape index (κ1) is 14.2. The van der Waals surface area contributed by atoms with Crippen molar-refractivity contribution in [2.45, 2.75) is 26.7 Å². The van der Waals surface area contributed by atoms with Crippen molar-refractivity contribution in [3.8, 4) is 0 Å². The SMILES string of the molecule is CCC(CNC)CNCCc1cccc(C)c1. The third-order valence-electron chi connectivity index (χ3n) is 3.18. The van der Waals surface area contributed by atoms with Crippen molar-refractivity contribution in [1.82, 2.24) is 10.6 Å². The van der Waals surface area contributed by atoms with Gasteiger partial charge in [0.15, 0.2) is 0 Å². The van der Waals surface area contributed by atoms with E-state index in [-0.39, 0.29) is 0 Å². The van der Waals surface area contributed by atoms with E-state index in [9.17, 15) is 0 Å². The van der Waals surface area contributed by atoms with Crippen LogP contribution in [0.4, 0.5) is 0 Å². The molecule has 0 heterocycles. The Morgan fingerprint density at radius 1 is 1.24 bits per heavy atom. The molecule has 1 unspecified atom stereocenters. The smallest absolute Gasteiger partial charge is 0.000823 e. The monoisotopic (exact) mass is 234 g/mol. The van der Waals surface area contributed by atoms with Crippen LogP contribution in [0.3, 0.4) is 0 Å². The van der Waals surface area contributed by atoms with Gasteiger partial charge < -0.3 is 10.6 Å². The summed E-state index contributed by atoms with van der Waals surface area (Å²) in [7, 11) is 2.02. The summed E-state index contributed by atoms with van der Waals surface area (Å²) in [5, 5.41) is 6.79. The number of nitrogens with one attached hydrogen (secondary N) is 2. The Kier molecular flexibility index (Phi) is 6.90. The fourth-order valence-electron chi connectivity index (χ4n) is 2.06. The predicted molar refractivity (Wildman–Crippen MR) is 75.5 cm³/mol. The summed E-state index contributed by atoms with van der Waals surface area (Å²) in [4.78, 5) is 0. The van der Waals surface area contributed by atoms with Crippen LogP contribution in [0.25, 0.3) is 0 Å². The second kappa shape index (κ2) is 8.26. The molecule has 0 aliphatic heterocycles. The van der Waals surface area contributed by atoms with Crippen molar-refractivity contribution in [2.75, 3.05) is 26.7 Å². The highest BCUT2D eigenvalue weighted by molar-refractivity contribution is 5.22. The van der Waals surface area contributed by atoms with Crippen LogP contribution in [0.2, 0.25) is 0 Å². The minimum Gasteiger partial charge on any atom is -0.319 e. The zero-order valence-corrected chi connectivity index (χ0v) is 11.4. The van der Waals surface area contributed by atoms with E-state index in [1.807, 2.05) is 7.05 Å². The van der Waals surface area contributed by atoms with Gasteiger partial charge in [-0.3, -0.25) is 0 Å². The normalized spacial score (nSPS) is 12.6. The fraction of sp³-hybridized carbons (Fsp3) is 0.600. The van der Waals surface area contributed by atoms with Crippen LogP contribution in [0.5, 0.6) is 0 Å². The maximum atomic E-state index is 3.55. The van der Waals surface area contributed by atoms with Gasteiger partial charge in [0.2, 0.25) is 0 Å². The van der Waals surface area contributed by atoms with E-state index in [4.69, 9.17) is 0 Å². The van der Waals surface area contributed by atoms with Crippen molar-refractivity contribution in [1.29, 1.82) is 0 Å². The first-order valence-corrected chi connectivity index (χ1v) is 6.67. The number of benzene rings is 1. The average Bonchev–Trinajstić information content (AvgIpc) is 2.33. The first-order valence-electron chi connectivity index (χ1n) is 6.67. The van der Waals surface area contributed by atoms with Crippen LogP contribution in [-0.2, 0) is 6.42 Å². The molecule has 0 bridgehead atoms. The van der Waals surface area contributed by atoms with Crippen LogP contribution in [0.1, 0.15) is 24.5 Å². The zero-order chi connectivity index (χ0) is 12.5. The van der Waals surface area contributed by atoms with Gasteiger partial charge in [-0.05, 0) is 51.5 Å². The Morgan fingerprint density at radius 3 is 2.71 bits per heavy atom. The summed E-state index contributed by atoms with van der Waals surface area (Å²) in [6.45, 7) is 7.70. The predicted octanol–water partition coefficient (Wildman–Crippen LogP) is 2.37. The Hall–Kier alpha value is -0.860. The van der Waals surface area contributed by atoms with Crippen LogP contribution < -0.4 is 10.6 Å². The molecule has 0 aliphatic carbocycles. The lowest BCUT2D eigenvalue weighted by molar-refractivity contribution is 0.447. The van der Waals surface area contributed by atoms with Crippen molar-refractivity contribution >= 4 is 0 Å². The molecule has 0 saturated carbocycles. The van der Waals surface area contributed by atoms with Crippen molar-refractivity contribution in [3.05, 3.63) is 35.4 Å². The number of aryl methyl sites for hydroxylation is 1. The van der Waals surface area contributed by atoms with Gasteiger partial charge in [-0.25, -0.2) is 0 Å². The number of hydrogen-bond acceptors (Lipinski definition) is 2. The molecule has 0 aromatic heterocycles. The number of rotatable bonds is 8. The molecular weight excluding hydrogens is 208 g/mol. The Balaban J connectivity index is 2.19. The molecule has 1 aromatic carbocycles. The first-order chi connectivity index (χ1) is 8.26. The van der Waals surface area contributed by atoms with E-state index in [2.05, 4.69) is 48.7 Å². The third-order valence-corrected chi connectivity index (χ3v) is 3.18. The largest absolute Gasteiger partial charge is 0.319 e. The lowest BCUT2D eigenvalue weighted by Gasteiger charge is -2.15. The Labute approximate surface area is 106 Å². The summed E-state index contributed by atoms with van der Waals surface area (Å²) in [6.07, 6.45) is 2.36. The molecule has 0 aliphatic rings. The maximum Gasteiger partial charge on any atom is -0.000823 e. The summed E-state index contributed by atoms with van der Waals surface area (Å²) < 4.78 is 0. The highest BCUT2D eigenvalue weighted by Gasteiger charge is 2.03. The molecule has 1 aromatic rings. The third kappa shape index (κ3) is 5.85. The van der Waals surface area contributed by atoms with E-state index in [0.29, 0.717) is 0 Å². The highest BCUT2D eigenvalue weighted by Crippen LogP contribution is 2.04. The van der Waals surface area contributed by atoms with Crippen molar-refractivity contribution < 1.29 is 0 Å². The van der Waals surface area contributed by atoms with Crippen LogP contribution >= 0.6 is 0 Å². The standard InChI is InChI=1S/C15H26N2/c1-4-14(11-16-3)12-17-9-8-15-7-5-6-13(2)10-15/h5-7,10,14,16-17H,4,8-9,11-12H2,1-3H3. The molecule has 0 radical (unpaired) electrons. The van der Waals surface area contributed by atoms with Gasteiger partial charge in [0.25, 0.3) is 0 Å². The minimum atomic E-state index is 0.748. The Bertz CT molecular complexity index is 310. The summed E-state index contributed by atoms with van der Waals surface area (Å²) in [5.41, 5.74) is 2.78. The average molecular weight is 234 g/mol. The lowest BCUT2D eigenvalue weighted by atomic mass is 10.1. The van der Waals surface area contributed by atoms with Crippen molar-refractivity contribution in [3.63, 3.8) is 0 Å². The van der Waals surface area contributed by atoms with Gasteiger partial charge >= 0.3 is 0 Å². The molecule has 0 saturated heterocycles. The summed E-state index contributed by atoms with van der Waals surface area (Å²) in [6, 6.07) is 8.77. The molecule has 2 nitrogen and oxygen atoms in total. The minimum absolute atomic E-state index is 0.748. The molecule has 0 spiro atoms. The summed E-state index contributed by atoms with van der Waals surface area (Å²) >= 11 is 0. The van der Waals surface area contributed by atoms with E-state index >= 15 is 0 Å². The quantitative estimate of drug-likeness (QED) is 0.675. The van der Waals surface area contributed by atoms with Crippen LogP contribution in [-0.4, -0.2) is 26.7 Å². The van der Waals surface area contributed by atoms with Crippen LogP contribution in [0, 0.1) is 12.8 Å².